The Morgan fingerprint density at radius 3 is 2.27 bits per heavy atom. The molecule has 232 valence electrons. The van der Waals surface area contributed by atoms with E-state index >= 15 is 0 Å². The fourth-order valence-corrected chi connectivity index (χ4v) is 6.89. The second-order valence-electron chi connectivity index (χ2n) is 10.7. The van der Waals surface area contributed by atoms with Crippen LogP contribution in [-0.4, -0.2) is 59.9 Å². The number of ether oxygens (including phenoxy) is 1. The molecule has 0 aliphatic carbocycles. The topological polar surface area (TPSA) is 206 Å². The van der Waals surface area contributed by atoms with Gasteiger partial charge in [0.2, 0.25) is 21.1 Å². The fraction of sp³-hybridized carbons (Fsp3) is 0.188. The van der Waals surface area contributed by atoms with E-state index in [2.05, 4.69) is 5.32 Å². The zero-order valence-electron chi connectivity index (χ0n) is 24.1. The van der Waals surface area contributed by atoms with Crippen LogP contribution in [0, 0.1) is 5.41 Å². The van der Waals surface area contributed by atoms with E-state index in [1.54, 1.807) is 78.9 Å². The third-order valence-corrected chi connectivity index (χ3v) is 9.48. The molecular formula is C32H31N5O7S. The molecule has 1 heterocycles. The summed E-state index contributed by atoms with van der Waals surface area (Å²) >= 11 is 0. The molecule has 4 aromatic carbocycles. The number of nitrogens with zero attached hydrogens (tertiary/aromatic N) is 1. The van der Waals surface area contributed by atoms with Gasteiger partial charge in [0.1, 0.15) is 5.84 Å². The number of sulfone groups is 1. The summed E-state index contributed by atoms with van der Waals surface area (Å²) in [5, 5.41) is 18.9. The number of rotatable bonds is 8. The molecular weight excluding hydrogens is 598 g/mol. The van der Waals surface area contributed by atoms with E-state index in [4.69, 9.17) is 21.6 Å². The number of nitrogens with two attached hydrogens (primary N) is 2. The van der Waals surface area contributed by atoms with Crippen LogP contribution in [0.25, 0.3) is 10.8 Å². The minimum Gasteiger partial charge on any atom is -0.450 e. The van der Waals surface area contributed by atoms with E-state index < -0.39 is 51.5 Å². The second kappa shape index (κ2) is 12.4. The predicted octanol–water partition coefficient (Wildman–Crippen LogP) is 2.88. The normalized spacial score (nSPS) is 17.5. The third kappa shape index (κ3) is 6.21. The summed E-state index contributed by atoms with van der Waals surface area (Å²) in [6.45, 7) is 1.34. The number of carbonyl (C=O) groups is 3. The predicted molar refractivity (Wildman–Crippen MR) is 166 cm³/mol. The van der Waals surface area contributed by atoms with E-state index in [0.717, 1.165) is 10.3 Å². The molecule has 2 amide bonds. The van der Waals surface area contributed by atoms with Gasteiger partial charge in [-0.1, -0.05) is 78.9 Å². The Bertz CT molecular complexity index is 1910. The van der Waals surface area contributed by atoms with Gasteiger partial charge in [-0.05, 0) is 46.5 Å². The number of nitrogens with one attached hydrogen (secondary N) is 2. The van der Waals surface area contributed by atoms with E-state index in [1.165, 1.54) is 19.1 Å². The smallest absolute Gasteiger partial charge is 0.450 e. The molecule has 0 saturated carbocycles. The maximum absolute atomic E-state index is 14.7. The highest BCUT2D eigenvalue weighted by molar-refractivity contribution is 7.92. The van der Waals surface area contributed by atoms with Crippen molar-refractivity contribution in [2.24, 2.45) is 11.5 Å². The second-order valence-corrected chi connectivity index (χ2v) is 12.7. The summed E-state index contributed by atoms with van der Waals surface area (Å²) in [6.07, 6.45) is -3.24. The molecule has 3 unspecified atom stereocenters. The van der Waals surface area contributed by atoms with Gasteiger partial charge in [0.05, 0.1) is 17.0 Å². The zero-order chi connectivity index (χ0) is 32.5. The van der Waals surface area contributed by atoms with Crippen LogP contribution in [0.4, 0.5) is 4.79 Å². The van der Waals surface area contributed by atoms with Crippen molar-refractivity contribution in [3.63, 3.8) is 0 Å². The average Bonchev–Trinajstić information content (AvgIpc) is 3.01. The molecule has 4 atom stereocenters. The zero-order valence-corrected chi connectivity index (χ0v) is 24.9. The van der Waals surface area contributed by atoms with Crippen molar-refractivity contribution in [3.8, 4) is 0 Å². The van der Waals surface area contributed by atoms with Crippen molar-refractivity contribution in [2.75, 3.05) is 0 Å². The number of carbonyl (C=O) groups excluding carboxylic acids is 2. The lowest BCUT2D eigenvalue weighted by Gasteiger charge is -2.43. The number of amidine groups is 1. The number of hydrogen-bond donors (Lipinski definition) is 5. The Kier molecular flexibility index (Phi) is 8.57. The first kappa shape index (κ1) is 31.2. The highest BCUT2D eigenvalue weighted by atomic mass is 32.2. The van der Waals surface area contributed by atoms with Gasteiger partial charge < -0.3 is 26.6 Å². The van der Waals surface area contributed by atoms with Crippen LogP contribution in [0.15, 0.2) is 95.9 Å². The Morgan fingerprint density at radius 1 is 0.978 bits per heavy atom. The Morgan fingerprint density at radius 2 is 1.62 bits per heavy atom. The van der Waals surface area contributed by atoms with Crippen LogP contribution in [0.1, 0.15) is 35.2 Å². The molecule has 45 heavy (non-hydrogen) atoms. The highest BCUT2D eigenvalue weighted by Crippen LogP contribution is 2.39. The first-order valence-electron chi connectivity index (χ1n) is 13.9. The summed E-state index contributed by atoms with van der Waals surface area (Å²) < 4.78 is 33.7. The standard InChI is InChI=1S/C32H31N5O7S/c1-18(33)29(38)36-30(45(42,43)24-15-14-19-6-2-3-7-22(19)16-24)31(39)37-26(44-32(40)41)17-23-8-4-5-9-25(23)27(37)20-10-12-21(13-11-20)28(34)35/h2-16,18,26-27,30H,17,33H2,1H3,(H3,34,35)(H,36,38)(H,40,41)/t18-,26?,27?,30?/m0/s1. The van der Waals surface area contributed by atoms with Crippen LogP contribution >= 0.6 is 0 Å². The van der Waals surface area contributed by atoms with Crippen molar-refractivity contribution < 1.29 is 32.6 Å². The van der Waals surface area contributed by atoms with Crippen LogP contribution in [0.3, 0.4) is 0 Å². The van der Waals surface area contributed by atoms with E-state index in [0.29, 0.717) is 27.6 Å². The Balaban J connectivity index is 1.69. The van der Waals surface area contributed by atoms with Gasteiger partial charge in [-0.25, -0.2) is 13.2 Å². The SMILES string of the molecule is C[C@H](N)C(=O)NC(C(=O)N1C(OC(=O)O)Cc2ccccc2C1c1ccc(C(=N)N)cc1)S(=O)(=O)c1ccc2ccccc2c1. The molecule has 4 aromatic rings. The number of hydrogen-bond acceptors (Lipinski definition) is 8. The van der Waals surface area contributed by atoms with Crippen molar-refractivity contribution in [2.45, 2.75) is 41.9 Å². The Labute approximate surface area is 259 Å². The molecule has 13 heteroatoms. The molecule has 0 saturated heterocycles. The van der Waals surface area contributed by atoms with Crippen LogP contribution < -0.4 is 16.8 Å². The quantitative estimate of drug-likeness (QED) is 0.110. The first-order chi connectivity index (χ1) is 21.4. The molecule has 7 N–H and O–H groups in total. The minimum atomic E-state index is -4.65. The number of carboxylic acid groups (broad SMARTS) is 1. The lowest BCUT2D eigenvalue weighted by Crippen LogP contribution is -2.59. The van der Waals surface area contributed by atoms with E-state index in [1.807, 2.05) is 0 Å². The largest absolute Gasteiger partial charge is 0.507 e. The molecule has 0 spiro atoms. The molecule has 0 radical (unpaired) electrons. The molecule has 0 bridgehead atoms. The highest BCUT2D eigenvalue weighted by Gasteiger charge is 2.47. The molecule has 0 aromatic heterocycles. The van der Waals surface area contributed by atoms with Gasteiger partial charge in [0, 0.05) is 12.0 Å². The molecule has 12 nitrogen and oxygen atoms in total. The van der Waals surface area contributed by atoms with Gasteiger partial charge in [-0.2, -0.15) is 0 Å². The first-order valence-corrected chi connectivity index (χ1v) is 15.5. The number of fused-ring (bicyclic) bond motifs is 2. The number of nitrogen functional groups attached to an aromatic ring is 1. The lowest BCUT2D eigenvalue weighted by atomic mass is 9.87. The van der Waals surface area contributed by atoms with Gasteiger partial charge in [-0.15, -0.1) is 0 Å². The lowest BCUT2D eigenvalue weighted by molar-refractivity contribution is -0.148. The minimum absolute atomic E-state index is 0.0831. The van der Waals surface area contributed by atoms with Crippen molar-refractivity contribution in [1.82, 2.24) is 10.2 Å². The summed E-state index contributed by atoms with van der Waals surface area (Å²) in [7, 11) is -4.65. The maximum Gasteiger partial charge on any atom is 0.507 e. The molecule has 5 rings (SSSR count). The van der Waals surface area contributed by atoms with Crippen molar-refractivity contribution >= 4 is 44.4 Å². The molecule has 1 aliphatic heterocycles. The van der Waals surface area contributed by atoms with Gasteiger partial charge in [0.15, 0.2) is 6.23 Å². The van der Waals surface area contributed by atoms with Gasteiger partial charge >= 0.3 is 6.16 Å². The summed E-state index contributed by atoms with van der Waals surface area (Å²) in [5.74, 6) is -2.22. The van der Waals surface area contributed by atoms with Gasteiger partial charge in [-0.3, -0.25) is 19.9 Å². The van der Waals surface area contributed by atoms with Gasteiger partial charge in [0.25, 0.3) is 5.91 Å². The average molecular weight is 630 g/mol. The third-order valence-electron chi connectivity index (χ3n) is 7.63. The van der Waals surface area contributed by atoms with Crippen molar-refractivity contribution in [3.05, 3.63) is 113 Å². The van der Waals surface area contributed by atoms with Crippen LogP contribution in [0.5, 0.6) is 0 Å². The van der Waals surface area contributed by atoms with E-state index in [9.17, 15) is 27.9 Å². The fourth-order valence-electron chi connectivity index (χ4n) is 5.41. The monoisotopic (exact) mass is 629 g/mol. The summed E-state index contributed by atoms with van der Waals surface area (Å²) in [5.41, 5.74) is 13.5. The summed E-state index contributed by atoms with van der Waals surface area (Å²) in [6, 6.07) is 22.5. The summed E-state index contributed by atoms with van der Waals surface area (Å²) in [4.78, 5) is 40.3. The van der Waals surface area contributed by atoms with Crippen LogP contribution in [0.2, 0.25) is 0 Å². The molecule has 1 aliphatic rings. The Hall–Kier alpha value is -5.27. The van der Waals surface area contributed by atoms with E-state index in [-0.39, 0.29) is 17.2 Å². The maximum atomic E-state index is 14.7. The number of amides is 2. The van der Waals surface area contributed by atoms with Crippen LogP contribution in [-0.2, 0) is 30.6 Å². The number of benzene rings is 4. The molecule has 0 fully saturated rings. The van der Waals surface area contributed by atoms with Crippen molar-refractivity contribution in [1.29, 1.82) is 5.41 Å².